The van der Waals surface area contributed by atoms with E-state index in [2.05, 4.69) is 5.32 Å². The highest BCUT2D eigenvalue weighted by Gasteiger charge is 2.34. The van der Waals surface area contributed by atoms with Gasteiger partial charge in [-0.25, -0.2) is 8.42 Å². The minimum Gasteiger partial charge on any atom is -0.493 e. The molecule has 0 spiro atoms. The van der Waals surface area contributed by atoms with E-state index >= 15 is 0 Å². The molecule has 2 aromatic rings. The summed E-state index contributed by atoms with van der Waals surface area (Å²) in [6.45, 7) is 4.79. The van der Waals surface area contributed by atoms with Crippen molar-refractivity contribution in [2.24, 2.45) is 5.92 Å². The minimum atomic E-state index is -3.63. The Balaban J connectivity index is 1.60. The number of carbonyl (C=O) groups is 1. The van der Waals surface area contributed by atoms with E-state index in [-0.39, 0.29) is 18.4 Å². The monoisotopic (exact) mass is 460 g/mol. The Bertz CT molecular complexity index is 1070. The summed E-state index contributed by atoms with van der Waals surface area (Å²) in [5.41, 5.74) is 2.64. The maximum atomic E-state index is 13.2. The summed E-state index contributed by atoms with van der Waals surface area (Å²) in [6, 6.07) is 11.1. The van der Waals surface area contributed by atoms with Crippen molar-refractivity contribution in [2.75, 3.05) is 33.9 Å². The van der Waals surface area contributed by atoms with Crippen molar-refractivity contribution in [1.29, 1.82) is 0 Å². The van der Waals surface area contributed by atoms with Gasteiger partial charge in [0.2, 0.25) is 15.9 Å². The van der Waals surface area contributed by atoms with Crippen molar-refractivity contribution in [1.82, 2.24) is 9.62 Å². The summed E-state index contributed by atoms with van der Waals surface area (Å²) in [5, 5.41) is 2.97. The van der Waals surface area contributed by atoms with Crippen LogP contribution in [0.2, 0.25) is 0 Å². The summed E-state index contributed by atoms with van der Waals surface area (Å²) in [5.74, 6) is 0.851. The number of carbonyl (C=O) groups excluding carboxylic acids is 1. The zero-order valence-corrected chi connectivity index (χ0v) is 20.0. The number of sulfonamides is 1. The standard InChI is InChI=1S/C24H32N2O5S/c1-17-7-8-18(2)23(14-17)32(28,29)26-13-5-6-20(16-26)24(27)25-12-11-19-9-10-21(30-3)22(15-19)31-4/h7-10,14-15,20H,5-6,11-13,16H2,1-4H3,(H,25,27). The Morgan fingerprint density at radius 3 is 2.56 bits per heavy atom. The number of hydrogen-bond acceptors (Lipinski definition) is 5. The van der Waals surface area contributed by atoms with E-state index in [9.17, 15) is 13.2 Å². The fraction of sp³-hybridized carbons (Fsp3) is 0.458. The molecule has 1 heterocycles. The number of benzene rings is 2. The third kappa shape index (κ3) is 5.42. The molecule has 2 aromatic carbocycles. The molecule has 174 valence electrons. The molecule has 1 saturated heterocycles. The first-order valence-corrected chi connectivity index (χ1v) is 12.3. The lowest BCUT2D eigenvalue weighted by atomic mass is 9.99. The van der Waals surface area contributed by atoms with Crippen LogP contribution in [0, 0.1) is 19.8 Å². The van der Waals surface area contributed by atoms with Crippen molar-refractivity contribution in [3.05, 3.63) is 53.1 Å². The van der Waals surface area contributed by atoms with Gasteiger partial charge in [-0.2, -0.15) is 4.31 Å². The second kappa shape index (κ2) is 10.4. The van der Waals surface area contributed by atoms with Crippen LogP contribution in [0.15, 0.2) is 41.3 Å². The van der Waals surface area contributed by atoms with Crippen molar-refractivity contribution in [3.8, 4) is 11.5 Å². The summed E-state index contributed by atoms with van der Waals surface area (Å²) in [4.78, 5) is 13.1. The maximum absolute atomic E-state index is 13.2. The van der Waals surface area contributed by atoms with Gasteiger partial charge in [0.05, 0.1) is 25.0 Å². The van der Waals surface area contributed by atoms with Crippen molar-refractivity contribution in [2.45, 2.75) is 38.0 Å². The molecule has 1 aliphatic rings. The maximum Gasteiger partial charge on any atom is 0.243 e. The number of rotatable bonds is 8. The van der Waals surface area contributed by atoms with Crippen LogP contribution in [0.4, 0.5) is 0 Å². The number of nitrogens with one attached hydrogen (secondary N) is 1. The molecule has 7 nitrogen and oxygen atoms in total. The van der Waals surface area contributed by atoms with Crippen molar-refractivity contribution in [3.63, 3.8) is 0 Å². The fourth-order valence-corrected chi connectivity index (χ4v) is 5.84. The zero-order chi connectivity index (χ0) is 23.3. The molecule has 3 rings (SSSR count). The van der Waals surface area contributed by atoms with Crippen LogP contribution in [0.25, 0.3) is 0 Å². The SMILES string of the molecule is COc1ccc(CCNC(=O)C2CCCN(S(=O)(=O)c3cc(C)ccc3C)C2)cc1OC. The molecule has 8 heteroatoms. The van der Waals surface area contributed by atoms with Crippen LogP contribution in [-0.2, 0) is 21.2 Å². The molecule has 0 saturated carbocycles. The predicted molar refractivity (Wildman–Crippen MR) is 124 cm³/mol. The van der Waals surface area contributed by atoms with E-state index in [1.807, 2.05) is 37.3 Å². The molecule has 1 amide bonds. The van der Waals surface area contributed by atoms with Gasteiger partial charge < -0.3 is 14.8 Å². The van der Waals surface area contributed by atoms with Gasteiger partial charge in [-0.3, -0.25) is 4.79 Å². The largest absolute Gasteiger partial charge is 0.493 e. The molecule has 1 atom stereocenters. The lowest BCUT2D eigenvalue weighted by Gasteiger charge is -2.31. The third-order valence-electron chi connectivity index (χ3n) is 5.88. The first-order valence-electron chi connectivity index (χ1n) is 10.8. The van der Waals surface area contributed by atoms with E-state index in [4.69, 9.17) is 9.47 Å². The molecule has 1 N–H and O–H groups in total. The van der Waals surface area contributed by atoms with Crippen LogP contribution in [0.1, 0.15) is 29.5 Å². The van der Waals surface area contributed by atoms with Gasteiger partial charge in [0.1, 0.15) is 0 Å². The van der Waals surface area contributed by atoms with Gasteiger partial charge in [-0.1, -0.05) is 18.2 Å². The first-order chi connectivity index (χ1) is 15.3. The van der Waals surface area contributed by atoms with Crippen molar-refractivity contribution >= 4 is 15.9 Å². The van der Waals surface area contributed by atoms with Crippen LogP contribution in [0.3, 0.4) is 0 Å². The lowest BCUT2D eigenvalue weighted by Crippen LogP contribution is -2.45. The minimum absolute atomic E-state index is 0.105. The lowest BCUT2D eigenvalue weighted by molar-refractivity contribution is -0.126. The molecule has 0 bridgehead atoms. The molecular weight excluding hydrogens is 428 g/mol. The highest BCUT2D eigenvalue weighted by Crippen LogP contribution is 2.28. The third-order valence-corrected chi connectivity index (χ3v) is 7.88. The summed E-state index contributed by atoms with van der Waals surface area (Å²) < 4.78 is 38.4. The van der Waals surface area contributed by atoms with E-state index in [1.54, 1.807) is 27.2 Å². The van der Waals surface area contributed by atoms with Crippen molar-refractivity contribution < 1.29 is 22.7 Å². The molecule has 0 radical (unpaired) electrons. The number of amides is 1. The molecule has 1 unspecified atom stereocenters. The number of piperidine rings is 1. The fourth-order valence-electron chi connectivity index (χ4n) is 4.01. The van der Waals surface area contributed by atoms with E-state index in [0.717, 1.165) is 16.7 Å². The number of nitrogens with zero attached hydrogens (tertiary/aromatic N) is 1. The van der Waals surface area contributed by atoms with Crippen LogP contribution >= 0.6 is 0 Å². The number of aryl methyl sites for hydroxylation is 2. The molecule has 1 aliphatic heterocycles. The smallest absolute Gasteiger partial charge is 0.243 e. The second-order valence-electron chi connectivity index (χ2n) is 8.20. The zero-order valence-electron chi connectivity index (χ0n) is 19.2. The van der Waals surface area contributed by atoms with Gasteiger partial charge in [0, 0.05) is 19.6 Å². The van der Waals surface area contributed by atoms with Crippen LogP contribution in [0.5, 0.6) is 11.5 Å². The summed E-state index contributed by atoms with van der Waals surface area (Å²) >= 11 is 0. The van der Waals surface area contributed by atoms with Gasteiger partial charge >= 0.3 is 0 Å². The Labute approximate surface area is 190 Å². The average molecular weight is 461 g/mol. The van der Waals surface area contributed by atoms with Gasteiger partial charge in [0.25, 0.3) is 0 Å². The van der Waals surface area contributed by atoms with Gasteiger partial charge in [0.15, 0.2) is 11.5 Å². The number of ether oxygens (including phenoxy) is 2. The molecule has 0 aliphatic carbocycles. The molecule has 1 fully saturated rings. The summed E-state index contributed by atoms with van der Waals surface area (Å²) in [6.07, 6.45) is 1.99. The molecule has 0 aromatic heterocycles. The number of hydrogen-bond donors (Lipinski definition) is 1. The van der Waals surface area contributed by atoms with Crippen LogP contribution < -0.4 is 14.8 Å². The quantitative estimate of drug-likeness (QED) is 0.654. The second-order valence-corrected chi connectivity index (χ2v) is 10.1. The molecular formula is C24H32N2O5S. The first kappa shape index (κ1) is 24.1. The van der Waals surface area contributed by atoms with Crippen LogP contribution in [-0.4, -0.2) is 52.5 Å². The van der Waals surface area contributed by atoms with Gasteiger partial charge in [-0.05, 0) is 68.0 Å². The highest BCUT2D eigenvalue weighted by atomic mass is 32.2. The number of methoxy groups -OCH3 is 2. The van der Waals surface area contributed by atoms with E-state index in [1.165, 1.54) is 4.31 Å². The normalized spacial score (nSPS) is 17.1. The summed E-state index contributed by atoms with van der Waals surface area (Å²) in [7, 11) is -0.455. The Morgan fingerprint density at radius 2 is 1.84 bits per heavy atom. The Kier molecular flexibility index (Phi) is 7.79. The predicted octanol–water partition coefficient (Wildman–Crippen LogP) is 3.08. The highest BCUT2D eigenvalue weighted by molar-refractivity contribution is 7.89. The van der Waals surface area contributed by atoms with E-state index < -0.39 is 10.0 Å². The molecule has 32 heavy (non-hydrogen) atoms. The average Bonchev–Trinajstić information content (AvgIpc) is 2.80. The Morgan fingerprint density at radius 1 is 1.09 bits per heavy atom. The van der Waals surface area contributed by atoms with Gasteiger partial charge in [-0.15, -0.1) is 0 Å². The van der Waals surface area contributed by atoms with E-state index in [0.29, 0.717) is 48.7 Å². The Hall–Kier alpha value is -2.58. The topological polar surface area (TPSA) is 84.9 Å².